The number of benzene rings is 1. The Morgan fingerprint density at radius 1 is 1.32 bits per heavy atom. The zero-order valence-corrected chi connectivity index (χ0v) is 15.9. The Labute approximate surface area is 162 Å². The van der Waals surface area contributed by atoms with Crippen LogP contribution >= 0.6 is 0 Å². The normalized spacial score (nSPS) is 23.5. The molecular weight excluding hydrogens is 369 g/mol. The van der Waals surface area contributed by atoms with Gasteiger partial charge in [0.05, 0.1) is 23.1 Å². The maximum Gasteiger partial charge on any atom is 0.417 e. The first-order valence-electron chi connectivity index (χ1n) is 9.69. The molecule has 0 aromatic heterocycles. The molecule has 2 fully saturated rings. The van der Waals surface area contributed by atoms with E-state index in [2.05, 4.69) is 10.6 Å². The first-order valence-corrected chi connectivity index (χ1v) is 9.69. The SMILES string of the molecule is CCNC(=O)C1CNCC1C1CCN(c2ccc(C#N)c(C(F)(F)F)c2)CC1. The van der Waals surface area contributed by atoms with Crippen LogP contribution in [-0.4, -0.2) is 38.6 Å². The van der Waals surface area contributed by atoms with Gasteiger partial charge in [-0.2, -0.15) is 18.4 Å². The molecule has 2 N–H and O–H groups in total. The van der Waals surface area contributed by atoms with E-state index in [-0.39, 0.29) is 23.3 Å². The molecule has 2 aliphatic heterocycles. The lowest BCUT2D eigenvalue weighted by molar-refractivity contribution is -0.137. The third-order valence-electron chi connectivity index (χ3n) is 5.89. The summed E-state index contributed by atoms with van der Waals surface area (Å²) in [7, 11) is 0. The fourth-order valence-corrected chi connectivity index (χ4v) is 4.43. The van der Waals surface area contributed by atoms with E-state index in [4.69, 9.17) is 5.26 Å². The van der Waals surface area contributed by atoms with Crippen LogP contribution in [0.3, 0.4) is 0 Å². The van der Waals surface area contributed by atoms with Crippen molar-refractivity contribution in [1.82, 2.24) is 10.6 Å². The van der Waals surface area contributed by atoms with Gasteiger partial charge in [-0.25, -0.2) is 0 Å². The highest BCUT2D eigenvalue weighted by Gasteiger charge is 2.39. The van der Waals surface area contributed by atoms with Crippen molar-refractivity contribution < 1.29 is 18.0 Å². The number of rotatable bonds is 4. The van der Waals surface area contributed by atoms with Crippen LogP contribution in [0.5, 0.6) is 0 Å². The standard InChI is InChI=1S/C20H25F3N4O/c1-2-26-19(28)17-12-25-11-16(17)13-5-7-27(8-6-13)15-4-3-14(10-24)18(9-15)20(21,22)23/h3-4,9,13,16-17,25H,2,5-8,11-12H2,1H3,(H,26,28). The van der Waals surface area contributed by atoms with Crippen LogP contribution in [0.4, 0.5) is 18.9 Å². The minimum absolute atomic E-state index is 0.0387. The van der Waals surface area contributed by atoms with E-state index in [9.17, 15) is 18.0 Å². The second-order valence-electron chi connectivity index (χ2n) is 7.49. The molecule has 2 unspecified atom stereocenters. The Morgan fingerprint density at radius 2 is 2.04 bits per heavy atom. The summed E-state index contributed by atoms with van der Waals surface area (Å²) in [6.45, 7) is 5.29. The van der Waals surface area contributed by atoms with E-state index in [0.717, 1.165) is 25.5 Å². The third kappa shape index (κ3) is 4.25. The topological polar surface area (TPSA) is 68.2 Å². The predicted molar refractivity (Wildman–Crippen MR) is 99.6 cm³/mol. The quantitative estimate of drug-likeness (QED) is 0.824. The smallest absolute Gasteiger partial charge is 0.372 e. The molecule has 1 aromatic carbocycles. The van der Waals surface area contributed by atoms with Crippen molar-refractivity contribution in [3.8, 4) is 6.07 Å². The summed E-state index contributed by atoms with van der Waals surface area (Å²) in [5.74, 6) is 0.685. The van der Waals surface area contributed by atoms with Gasteiger partial charge in [0.2, 0.25) is 5.91 Å². The van der Waals surface area contributed by atoms with Crippen LogP contribution < -0.4 is 15.5 Å². The van der Waals surface area contributed by atoms with Crippen molar-refractivity contribution >= 4 is 11.6 Å². The minimum atomic E-state index is -4.55. The fourth-order valence-electron chi connectivity index (χ4n) is 4.43. The van der Waals surface area contributed by atoms with Crippen LogP contribution in [-0.2, 0) is 11.0 Å². The van der Waals surface area contributed by atoms with Crippen LogP contribution in [0.1, 0.15) is 30.9 Å². The number of alkyl halides is 3. The first kappa shape index (κ1) is 20.5. The van der Waals surface area contributed by atoms with Gasteiger partial charge in [-0.05, 0) is 56.3 Å². The van der Waals surface area contributed by atoms with E-state index in [0.29, 0.717) is 37.8 Å². The van der Waals surface area contributed by atoms with Gasteiger partial charge in [0.1, 0.15) is 0 Å². The van der Waals surface area contributed by atoms with E-state index in [1.807, 2.05) is 11.8 Å². The molecule has 3 rings (SSSR count). The summed E-state index contributed by atoms with van der Waals surface area (Å²) in [6.07, 6.45) is -2.87. The number of hydrogen-bond donors (Lipinski definition) is 2. The molecule has 1 aromatic rings. The average Bonchev–Trinajstić information content (AvgIpc) is 3.17. The third-order valence-corrected chi connectivity index (χ3v) is 5.89. The van der Waals surface area contributed by atoms with Gasteiger partial charge in [-0.3, -0.25) is 4.79 Å². The van der Waals surface area contributed by atoms with Gasteiger partial charge in [0.25, 0.3) is 0 Å². The number of hydrogen-bond acceptors (Lipinski definition) is 4. The Morgan fingerprint density at radius 3 is 2.64 bits per heavy atom. The molecule has 0 saturated carbocycles. The maximum absolute atomic E-state index is 13.2. The van der Waals surface area contributed by atoms with Crippen molar-refractivity contribution in [2.45, 2.75) is 25.9 Å². The summed E-state index contributed by atoms with van der Waals surface area (Å²) >= 11 is 0. The molecule has 2 atom stereocenters. The zero-order chi connectivity index (χ0) is 20.3. The molecule has 5 nitrogen and oxygen atoms in total. The molecule has 0 spiro atoms. The Balaban J connectivity index is 1.67. The molecule has 2 heterocycles. The molecule has 2 saturated heterocycles. The number of carbonyl (C=O) groups excluding carboxylic acids is 1. The Kier molecular flexibility index (Phi) is 6.14. The second-order valence-corrected chi connectivity index (χ2v) is 7.49. The van der Waals surface area contributed by atoms with Crippen molar-refractivity contribution in [3.05, 3.63) is 29.3 Å². The summed E-state index contributed by atoms with van der Waals surface area (Å²) in [5.41, 5.74) is -0.742. The molecule has 0 radical (unpaired) electrons. The van der Waals surface area contributed by atoms with Crippen molar-refractivity contribution in [2.24, 2.45) is 17.8 Å². The Hall–Kier alpha value is -2.27. The summed E-state index contributed by atoms with van der Waals surface area (Å²) in [6, 6.07) is 5.53. The van der Waals surface area contributed by atoms with Gasteiger partial charge in [-0.15, -0.1) is 0 Å². The number of amides is 1. The van der Waals surface area contributed by atoms with E-state index in [1.54, 1.807) is 12.1 Å². The molecule has 1 amide bonds. The first-order chi connectivity index (χ1) is 13.3. The summed E-state index contributed by atoms with van der Waals surface area (Å²) in [4.78, 5) is 14.2. The molecule has 152 valence electrons. The number of nitrogens with zero attached hydrogens (tertiary/aromatic N) is 2. The zero-order valence-electron chi connectivity index (χ0n) is 15.9. The molecule has 2 aliphatic rings. The average molecular weight is 394 g/mol. The van der Waals surface area contributed by atoms with Crippen LogP contribution in [0.25, 0.3) is 0 Å². The van der Waals surface area contributed by atoms with Crippen molar-refractivity contribution in [1.29, 1.82) is 5.26 Å². The predicted octanol–water partition coefficient (Wildman–Crippen LogP) is 2.77. The maximum atomic E-state index is 13.2. The number of carbonyl (C=O) groups is 1. The molecule has 8 heteroatoms. The van der Waals surface area contributed by atoms with E-state index < -0.39 is 11.7 Å². The molecular formula is C20H25F3N4O. The molecule has 0 aliphatic carbocycles. The van der Waals surface area contributed by atoms with E-state index in [1.165, 1.54) is 6.07 Å². The number of nitriles is 1. The summed E-state index contributed by atoms with van der Waals surface area (Å²) in [5, 5.41) is 15.2. The highest BCUT2D eigenvalue weighted by molar-refractivity contribution is 5.79. The van der Waals surface area contributed by atoms with Gasteiger partial charge in [0, 0.05) is 31.9 Å². The number of piperidine rings is 1. The largest absolute Gasteiger partial charge is 0.417 e. The van der Waals surface area contributed by atoms with Crippen LogP contribution in [0, 0.1) is 29.1 Å². The molecule has 28 heavy (non-hydrogen) atoms. The van der Waals surface area contributed by atoms with Crippen molar-refractivity contribution in [2.75, 3.05) is 37.6 Å². The lowest BCUT2D eigenvalue weighted by Gasteiger charge is -2.37. The minimum Gasteiger partial charge on any atom is -0.372 e. The Bertz CT molecular complexity index is 751. The van der Waals surface area contributed by atoms with Gasteiger partial charge < -0.3 is 15.5 Å². The van der Waals surface area contributed by atoms with Crippen molar-refractivity contribution in [3.63, 3.8) is 0 Å². The second kappa shape index (κ2) is 8.39. The van der Waals surface area contributed by atoms with Crippen LogP contribution in [0.2, 0.25) is 0 Å². The molecule has 0 bridgehead atoms. The lowest BCUT2D eigenvalue weighted by Crippen LogP contribution is -2.41. The van der Waals surface area contributed by atoms with Crippen LogP contribution in [0.15, 0.2) is 18.2 Å². The summed E-state index contributed by atoms with van der Waals surface area (Å²) < 4.78 is 39.6. The highest BCUT2D eigenvalue weighted by atomic mass is 19.4. The number of nitrogens with one attached hydrogen (secondary N) is 2. The van der Waals surface area contributed by atoms with Gasteiger partial charge in [-0.1, -0.05) is 0 Å². The number of anilines is 1. The lowest BCUT2D eigenvalue weighted by atomic mass is 9.78. The monoisotopic (exact) mass is 394 g/mol. The van der Waals surface area contributed by atoms with Gasteiger partial charge in [0.15, 0.2) is 0 Å². The van der Waals surface area contributed by atoms with E-state index >= 15 is 0 Å². The number of halogens is 3. The van der Waals surface area contributed by atoms with Gasteiger partial charge >= 0.3 is 6.18 Å². The fraction of sp³-hybridized carbons (Fsp3) is 0.600. The highest BCUT2D eigenvalue weighted by Crippen LogP contribution is 2.37.